The molecule has 5 heteroatoms. The summed E-state index contributed by atoms with van der Waals surface area (Å²) in [6.07, 6.45) is 2.38. The Morgan fingerprint density at radius 3 is 2.72 bits per heavy atom. The van der Waals surface area contributed by atoms with Gasteiger partial charge in [-0.2, -0.15) is 17.7 Å². The fourth-order valence-electron chi connectivity index (χ4n) is 1.62. The number of amides is 1. The number of aromatic nitrogens is 2. The van der Waals surface area contributed by atoms with Crippen molar-refractivity contribution >= 4 is 24.4 Å². The van der Waals surface area contributed by atoms with Gasteiger partial charge >= 0.3 is 0 Å². The van der Waals surface area contributed by atoms with Crippen LogP contribution in [0.25, 0.3) is 0 Å². The Labute approximate surface area is 111 Å². The third kappa shape index (κ3) is 3.37. The lowest BCUT2D eigenvalue weighted by molar-refractivity contribution is -0.115. The Balaban J connectivity index is 1.93. The summed E-state index contributed by atoms with van der Waals surface area (Å²) in [5.41, 5.74) is 1.09. The summed E-state index contributed by atoms with van der Waals surface area (Å²) in [5.74, 6) is 0.412. The molecule has 18 heavy (non-hydrogen) atoms. The van der Waals surface area contributed by atoms with Gasteiger partial charge in [0.2, 0.25) is 5.91 Å². The number of rotatable bonds is 4. The summed E-state index contributed by atoms with van der Waals surface area (Å²) in [4.78, 5) is 11.9. The van der Waals surface area contributed by atoms with Gasteiger partial charge in [-0.1, -0.05) is 30.3 Å². The van der Waals surface area contributed by atoms with Crippen molar-refractivity contribution in [1.82, 2.24) is 9.78 Å². The lowest BCUT2D eigenvalue weighted by Crippen LogP contribution is -2.25. The van der Waals surface area contributed by atoms with Gasteiger partial charge in [0.15, 0.2) is 5.82 Å². The SMILES string of the molecule is Cn1ccc(NC(=O)C(S)Cc2ccccc2)n1. The van der Waals surface area contributed by atoms with Crippen LogP contribution in [0.4, 0.5) is 5.82 Å². The second-order valence-electron chi connectivity index (χ2n) is 4.07. The highest BCUT2D eigenvalue weighted by atomic mass is 32.1. The molecule has 0 bridgehead atoms. The largest absolute Gasteiger partial charge is 0.308 e. The summed E-state index contributed by atoms with van der Waals surface area (Å²) in [7, 11) is 1.80. The molecule has 1 atom stereocenters. The topological polar surface area (TPSA) is 46.9 Å². The molecule has 1 unspecified atom stereocenters. The number of hydrogen-bond donors (Lipinski definition) is 2. The van der Waals surface area contributed by atoms with Crippen molar-refractivity contribution in [1.29, 1.82) is 0 Å². The maximum absolute atomic E-state index is 11.9. The molecule has 1 amide bonds. The Bertz CT molecular complexity index is 524. The van der Waals surface area contributed by atoms with Crippen LogP contribution in [0, 0.1) is 0 Å². The lowest BCUT2D eigenvalue weighted by atomic mass is 10.1. The third-order valence-electron chi connectivity index (χ3n) is 2.54. The van der Waals surface area contributed by atoms with Crippen LogP contribution < -0.4 is 5.32 Å². The molecule has 0 aliphatic carbocycles. The summed E-state index contributed by atoms with van der Waals surface area (Å²) in [6.45, 7) is 0. The number of aryl methyl sites for hydroxylation is 1. The van der Waals surface area contributed by atoms with E-state index in [4.69, 9.17) is 0 Å². The molecule has 2 rings (SSSR count). The summed E-state index contributed by atoms with van der Waals surface area (Å²) in [6, 6.07) is 11.6. The van der Waals surface area contributed by atoms with Gasteiger partial charge in [0.1, 0.15) is 0 Å². The molecule has 4 nitrogen and oxygen atoms in total. The highest BCUT2D eigenvalue weighted by Crippen LogP contribution is 2.10. The van der Waals surface area contributed by atoms with Gasteiger partial charge in [0.05, 0.1) is 5.25 Å². The molecule has 0 aliphatic heterocycles. The summed E-state index contributed by atoms with van der Waals surface area (Å²) >= 11 is 4.33. The van der Waals surface area contributed by atoms with Gasteiger partial charge in [-0.05, 0) is 12.0 Å². The van der Waals surface area contributed by atoms with E-state index in [0.29, 0.717) is 12.2 Å². The smallest absolute Gasteiger partial charge is 0.238 e. The Hall–Kier alpha value is -1.75. The zero-order valence-corrected chi connectivity index (χ0v) is 11.0. The van der Waals surface area contributed by atoms with Crippen LogP contribution >= 0.6 is 12.6 Å². The number of anilines is 1. The number of carbonyl (C=O) groups is 1. The second kappa shape index (κ2) is 5.73. The number of nitrogens with zero attached hydrogens (tertiary/aromatic N) is 2. The van der Waals surface area contributed by atoms with Gasteiger partial charge in [-0.3, -0.25) is 9.48 Å². The molecule has 0 fully saturated rings. The molecule has 2 aromatic rings. The number of hydrogen-bond acceptors (Lipinski definition) is 3. The monoisotopic (exact) mass is 261 g/mol. The maximum Gasteiger partial charge on any atom is 0.238 e. The number of nitrogens with one attached hydrogen (secondary N) is 1. The van der Waals surface area contributed by atoms with E-state index in [-0.39, 0.29) is 11.2 Å². The quantitative estimate of drug-likeness (QED) is 0.826. The van der Waals surface area contributed by atoms with Crippen molar-refractivity contribution in [3.8, 4) is 0 Å². The molecule has 0 saturated heterocycles. The standard InChI is InChI=1S/C13H15N3OS/c1-16-8-7-12(15-16)14-13(17)11(18)9-10-5-3-2-4-6-10/h2-8,11,18H,9H2,1H3,(H,14,15,17). The Kier molecular flexibility index (Phi) is 4.04. The van der Waals surface area contributed by atoms with E-state index in [0.717, 1.165) is 5.56 Å². The first kappa shape index (κ1) is 12.7. The van der Waals surface area contributed by atoms with Gasteiger partial charge < -0.3 is 5.32 Å². The maximum atomic E-state index is 11.9. The second-order valence-corrected chi connectivity index (χ2v) is 4.69. The highest BCUT2D eigenvalue weighted by molar-refractivity contribution is 7.81. The molecule has 94 valence electrons. The summed E-state index contributed by atoms with van der Waals surface area (Å²) < 4.78 is 1.64. The van der Waals surface area contributed by atoms with E-state index >= 15 is 0 Å². The van der Waals surface area contributed by atoms with Gasteiger partial charge in [-0.25, -0.2) is 0 Å². The van der Waals surface area contributed by atoms with E-state index in [1.807, 2.05) is 30.3 Å². The molecular weight excluding hydrogens is 246 g/mol. The van der Waals surface area contributed by atoms with Crippen molar-refractivity contribution in [2.75, 3.05) is 5.32 Å². The number of benzene rings is 1. The van der Waals surface area contributed by atoms with Crippen LogP contribution in [0.5, 0.6) is 0 Å². The molecule has 1 aromatic carbocycles. The minimum Gasteiger partial charge on any atom is -0.308 e. The predicted molar refractivity (Wildman–Crippen MR) is 74.8 cm³/mol. The summed E-state index contributed by atoms with van der Waals surface area (Å²) in [5, 5.41) is 6.45. The first-order valence-electron chi connectivity index (χ1n) is 5.67. The molecule has 0 spiro atoms. The van der Waals surface area contributed by atoms with Gasteiger partial charge in [0, 0.05) is 19.3 Å². The van der Waals surface area contributed by atoms with Crippen LogP contribution in [-0.4, -0.2) is 20.9 Å². The fourth-order valence-corrected chi connectivity index (χ4v) is 1.90. The normalized spacial score (nSPS) is 12.1. The first-order valence-corrected chi connectivity index (χ1v) is 6.19. The average molecular weight is 261 g/mol. The molecule has 1 heterocycles. The van der Waals surface area contributed by atoms with E-state index in [9.17, 15) is 4.79 Å². The van der Waals surface area contributed by atoms with E-state index < -0.39 is 0 Å². The van der Waals surface area contributed by atoms with Crippen molar-refractivity contribution in [2.24, 2.45) is 7.05 Å². The van der Waals surface area contributed by atoms with Crippen molar-refractivity contribution in [3.63, 3.8) is 0 Å². The number of thiol groups is 1. The van der Waals surface area contributed by atoms with Crippen LogP contribution in [-0.2, 0) is 18.3 Å². The van der Waals surface area contributed by atoms with Crippen LogP contribution in [0.15, 0.2) is 42.6 Å². The first-order chi connectivity index (χ1) is 8.65. The zero-order valence-electron chi connectivity index (χ0n) is 10.1. The van der Waals surface area contributed by atoms with Gasteiger partial charge in [0.25, 0.3) is 0 Å². The van der Waals surface area contributed by atoms with Crippen LogP contribution in [0.1, 0.15) is 5.56 Å². The predicted octanol–water partition coefficient (Wildman–Crippen LogP) is 1.90. The van der Waals surface area contributed by atoms with E-state index in [2.05, 4.69) is 23.0 Å². The van der Waals surface area contributed by atoms with Crippen molar-refractivity contribution < 1.29 is 4.79 Å². The highest BCUT2D eigenvalue weighted by Gasteiger charge is 2.15. The minimum absolute atomic E-state index is 0.138. The van der Waals surface area contributed by atoms with Crippen LogP contribution in [0.2, 0.25) is 0 Å². The molecule has 1 N–H and O–H groups in total. The van der Waals surface area contributed by atoms with E-state index in [1.165, 1.54) is 0 Å². The average Bonchev–Trinajstić information content (AvgIpc) is 2.76. The van der Waals surface area contributed by atoms with Gasteiger partial charge in [-0.15, -0.1) is 0 Å². The lowest BCUT2D eigenvalue weighted by Gasteiger charge is -2.10. The Morgan fingerprint density at radius 2 is 2.11 bits per heavy atom. The number of carbonyl (C=O) groups excluding carboxylic acids is 1. The minimum atomic E-state index is -0.380. The zero-order chi connectivity index (χ0) is 13.0. The molecular formula is C13H15N3OS. The Morgan fingerprint density at radius 1 is 1.39 bits per heavy atom. The molecule has 0 radical (unpaired) electrons. The molecule has 0 aliphatic rings. The third-order valence-corrected chi connectivity index (χ3v) is 2.96. The molecule has 1 aromatic heterocycles. The fraction of sp³-hybridized carbons (Fsp3) is 0.231. The molecule has 0 saturated carbocycles. The van der Waals surface area contributed by atoms with Crippen LogP contribution in [0.3, 0.4) is 0 Å². The van der Waals surface area contributed by atoms with Crippen molar-refractivity contribution in [2.45, 2.75) is 11.7 Å². The van der Waals surface area contributed by atoms with Crippen molar-refractivity contribution in [3.05, 3.63) is 48.2 Å². The van der Waals surface area contributed by atoms with E-state index in [1.54, 1.807) is 24.0 Å².